The van der Waals surface area contributed by atoms with Gasteiger partial charge in [-0.05, 0) is 62.3 Å². The van der Waals surface area contributed by atoms with Gasteiger partial charge >= 0.3 is 0 Å². The summed E-state index contributed by atoms with van der Waals surface area (Å²) in [6, 6.07) is 14.2. The van der Waals surface area contributed by atoms with E-state index < -0.39 is 17.7 Å². The number of nitrogens with zero attached hydrogens (tertiary/aromatic N) is 3. The fourth-order valence-electron chi connectivity index (χ4n) is 4.64. The molecule has 1 heterocycles. The number of likely N-dealkylation sites (tertiary alicyclic amines) is 1. The molecule has 1 fully saturated rings. The fraction of sp³-hybridized carbons (Fsp3) is 0.467. The van der Waals surface area contributed by atoms with E-state index in [0.29, 0.717) is 24.5 Å². The minimum atomic E-state index is -0.655. The number of unbranched alkanes of at least 4 members (excludes halogenated alkanes) is 1. The maximum absolute atomic E-state index is 13.3. The molecule has 7 heteroatoms. The van der Waals surface area contributed by atoms with Crippen LogP contribution in [-0.4, -0.2) is 73.5 Å². The van der Waals surface area contributed by atoms with Gasteiger partial charge in [-0.3, -0.25) is 9.59 Å². The number of anilines is 1. The van der Waals surface area contributed by atoms with E-state index in [9.17, 15) is 14.7 Å². The fourth-order valence-corrected chi connectivity index (χ4v) is 4.64. The minimum Gasteiger partial charge on any atom is -0.507 e. The number of hydrogen-bond acceptors (Lipinski definition) is 6. The normalized spacial score (nSPS) is 17.0. The van der Waals surface area contributed by atoms with Crippen LogP contribution in [0.15, 0.2) is 54.1 Å². The Bertz CT molecular complexity index is 1090. The number of carbonyl (C=O) groups excluding carboxylic acids is 2. The first-order valence-corrected chi connectivity index (χ1v) is 13.3. The molecule has 1 N–H and O–H groups in total. The number of hydrogen-bond donors (Lipinski definition) is 1. The summed E-state index contributed by atoms with van der Waals surface area (Å²) < 4.78 is 5.81. The monoisotopic (exact) mass is 507 g/mol. The molecule has 37 heavy (non-hydrogen) atoms. The highest BCUT2D eigenvalue weighted by atomic mass is 16.5. The van der Waals surface area contributed by atoms with Gasteiger partial charge in [-0.1, -0.05) is 51.5 Å². The van der Waals surface area contributed by atoms with Gasteiger partial charge in [0.15, 0.2) is 0 Å². The smallest absolute Gasteiger partial charge is 0.295 e. The highest BCUT2D eigenvalue weighted by molar-refractivity contribution is 6.46. The Kier molecular flexibility index (Phi) is 10.1. The summed E-state index contributed by atoms with van der Waals surface area (Å²) in [6.07, 6.45) is 2.68. The molecule has 7 nitrogen and oxygen atoms in total. The molecular weight excluding hydrogens is 466 g/mol. The van der Waals surface area contributed by atoms with Crippen LogP contribution in [0.4, 0.5) is 5.69 Å². The van der Waals surface area contributed by atoms with Crippen LogP contribution in [0.2, 0.25) is 0 Å². The number of amides is 1. The van der Waals surface area contributed by atoms with Gasteiger partial charge in [0.25, 0.3) is 11.7 Å². The second kappa shape index (κ2) is 13.3. The van der Waals surface area contributed by atoms with E-state index in [-0.39, 0.29) is 11.3 Å². The summed E-state index contributed by atoms with van der Waals surface area (Å²) in [5.74, 6) is -0.775. The van der Waals surface area contributed by atoms with E-state index in [1.807, 2.05) is 49.3 Å². The van der Waals surface area contributed by atoms with Crippen molar-refractivity contribution in [2.45, 2.75) is 46.1 Å². The molecule has 1 saturated heterocycles. The first kappa shape index (κ1) is 28.3. The van der Waals surface area contributed by atoms with Gasteiger partial charge in [0.1, 0.15) is 11.5 Å². The molecule has 3 rings (SSSR count). The van der Waals surface area contributed by atoms with Crippen molar-refractivity contribution >= 4 is 23.1 Å². The Labute approximate surface area is 221 Å². The van der Waals surface area contributed by atoms with Crippen LogP contribution in [0, 0.1) is 0 Å². The van der Waals surface area contributed by atoms with Crippen molar-refractivity contribution in [3.05, 3.63) is 65.2 Å². The van der Waals surface area contributed by atoms with Crippen LogP contribution in [0.25, 0.3) is 5.76 Å². The summed E-state index contributed by atoms with van der Waals surface area (Å²) in [5, 5.41) is 11.4. The van der Waals surface area contributed by atoms with Gasteiger partial charge in [-0.2, -0.15) is 0 Å². The Morgan fingerprint density at radius 1 is 1.00 bits per heavy atom. The zero-order valence-electron chi connectivity index (χ0n) is 22.9. The molecule has 200 valence electrons. The standard InChI is InChI=1S/C30H41N3O4/c1-6-9-20-37-25-13-10-12-23(21-25)28(34)26-27(22-14-16-24(17-15-22)31(4)5)33(30(36)29(26)35)19-11-18-32(7-2)8-3/h10,12-17,21,27,34H,6-9,11,18-20H2,1-5H3. The number of aliphatic hydroxyl groups is 1. The maximum Gasteiger partial charge on any atom is 0.295 e. The summed E-state index contributed by atoms with van der Waals surface area (Å²) in [7, 11) is 3.92. The van der Waals surface area contributed by atoms with E-state index in [1.54, 1.807) is 23.1 Å². The van der Waals surface area contributed by atoms with Gasteiger partial charge in [0, 0.05) is 31.9 Å². The Morgan fingerprint density at radius 2 is 1.70 bits per heavy atom. The number of ether oxygens (including phenoxy) is 1. The van der Waals surface area contributed by atoms with Crippen molar-refractivity contribution in [3.63, 3.8) is 0 Å². The van der Waals surface area contributed by atoms with Crippen molar-refractivity contribution in [2.24, 2.45) is 0 Å². The van der Waals surface area contributed by atoms with Crippen LogP contribution in [0.1, 0.15) is 57.2 Å². The molecule has 0 saturated carbocycles. The van der Waals surface area contributed by atoms with Crippen molar-refractivity contribution in [3.8, 4) is 5.75 Å². The van der Waals surface area contributed by atoms with Crippen LogP contribution in [0.3, 0.4) is 0 Å². The lowest BCUT2D eigenvalue weighted by Crippen LogP contribution is -2.33. The SMILES string of the molecule is CCCCOc1cccc(C(O)=C2C(=O)C(=O)N(CCCN(CC)CC)C2c2ccc(N(C)C)cc2)c1. The predicted molar refractivity (Wildman–Crippen MR) is 149 cm³/mol. The molecular formula is C30H41N3O4. The molecule has 1 atom stereocenters. The number of ketones is 1. The maximum atomic E-state index is 13.3. The number of benzene rings is 2. The minimum absolute atomic E-state index is 0.121. The van der Waals surface area contributed by atoms with Gasteiger partial charge in [-0.15, -0.1) is 0 Å². The molecule has 0 aromatic heterocycles. The second-order valence-corrected chi connectivity index (χ2v) is 9.59. The van der Waals surface area contributed by atoms with E-state index >= 15 is 0 Å². The highest BCUT2D eigenvalue weighted by Crippen LogP contribution is 2.40. The summed E-state index contributed by atoms with van der Waals surface area (Å²) in [5.41, 5.74) is 2.39. The number of Topliss-reactive ketones (excluding diaryl/α,β-unsaturated/α-hetero) is 1. The lowest BCUT2D eigenvalue weighted by atomic mass is 9.95. The third-order valence-electron chi connectivity index (χ3n) is 6.91. The lowest BCUT2D eigenvalue weighted by molar-refractivity contribution is -0.140. The molecule has 1 unspecified atom stereocenters. The third-order valence-corrected chi connectivity index (χ3v) is 6.91. The molecule has 0 bridgehead atoms. The number of rotatable bonds is 13. The van der Waals surface area contributed by atoms with Gasteiger partial charge in [0.05, 0.1) is 18.2 Å². The van der Waals surface area contributed by atoms with Crippen molar-refractivity contribution < 1.29 is 19.4 Å². The molecule has 0 spiro atoms. The van der Waals surface area contributed by atoms with E-state index in [2.05, 4.69) is 25.7 Å². The van der Waals surface area contributed by atoms with Gasteiger partial charge in [-0.25, -0.2) is 0 Å². The molecule has 1 amide bonds. The Balaban J connectivity index is 2.01. The molecule has 0 radical (unpaired) electrons. The first-order chi connectivity index (χ1) is 17.8. The predicted octanol–water partition coefficient (Wildman–Crippen LogP) is 5.09. The number of aliphatic hydroxyl groups excluding tert-OH is 1. The molecule has 0 aliphatic carbocycles. The van der Waals surface area contributed by atoms with Crippen molar-refractivity contribution in [1.29, 1.82) is 0 Å². The molecule has 2 aromatic rings. The number of carbonyl (C=O) groups is 2. The summed E-state index contributed by atoms with van der Waals surface area (Å²) in [6.45, 7) is 10.0. The first-order valence-electron chi connectivity index (χ1n) is 13.3. The lowest BCUT2D eigenvalue weighted by Gasteiger charge is -2.27. The largest absolute Gasteiger partial charge is 0.507 e. The van der Waals surface area contributed by atoms with E-state index in [1.165, 1.54) is 0 Å². The van der Waals surface area contributed by atoms with E-state index in [0.717, 1.165) is 50.1 Å². The quantitative estimate of drug-likeness (QED) is 0.176. The van der Waals surface area contributed by atoms with Crippen LogP contribution in [0.5, 0.6) is 5.75 Å². The Hall–Kier alpha value is -3.32. The van der Waals surface area contributed by atoms with Crippen LogP contribution < -0.4 is 9.64 Å². The summed E-state index contributed by atoms with van der Waals surface area (Å²) in [4.78, 5) is 32.5. The zero-order chi connectivity index (χ0) is 26.9. The third kappa shape index (κ3) is 6.72. The van der Waals surface area contributed by atoms with E-state index in [4.69, 9.17) is 4.74 Å². The van der Waals surface area contributed by atoms with Crippen molar-refractivity contribution in [2.75, 3.05) is 51.8 Å². The molecule has 1 aliphatic rings. The second-order valence-electron chi connectivity index (χ2n) is 9.59. The average molecular weight is 508 g/mol. The molecule has 1 aliphatic heterocycles. The van der Waals surface area contributed by atoms with Crippen LogP contribution >= 0.6 is 0 Å². The highest BCUT2D eigenvalue weighted by Gasteiger charge is 2.45. The Morgan fingerprint density at radius 3 is 2.32 bits per heavy atom. The van der Waals surface area contributed by atoms with Crippen LogP contribution in [-0.2, 0) is 9.59 Å². The molecule has 2 aromatic carbocycles. The van der Waals surface area contributed by atoms with Gasteiger partial charge < -0.3 is 24.5 Å². The summed E-state index contributed by atoms with van der Waals surface area (Å²) >= 11 is 0. The van der Waals surface area contributed by atoms with Gasteiger partial charge in [0.2, 0.25) is 0 Å². The average Bonchev–Trinajstić information content (AvgIpc) is 3.16. The zero-order valence-corrected chi connectivity index (χ0v) is 22.9. The topological polar surface area (TPSA) is 73.3 Å². The van der Waals surface area contributed by atoms with Crippen molar-refractivity contribution in [1.82, 2.24) is 9.80 Å².